The van der Waals surface area contributed by atoms with Gasteiger partial charge in [0, 0.05) is 45.2 Å². The summed E-state index contributed by atoms with van der Waals surface area (Å²) in [5.74, 6) is 1.76. The van der Waals surface area contributed by atoms with E-state index in [1.165, 1.54) is 43.6 Å². The van der Waals surface area contributed by atoms with Gasteiger partial charge in [0.25, 0.3) is 0 Å². The van der Waals surface area contributed by atoms with Gasteiger partial charge >= 0.3 is 0 Å². The first kappa shape index (κ1) is 18.3. The molecule has 1 N–H and O–H groups in total. The number of thiophene rings is 1. The lowest BCUT2D eigenvalue weighted by Crippen LogP contribution is -2.45. The van der Waals surface area contributed by atoms with Crippen LogP contribution >= 0.6 is 11.3 Å². The van der Waals surface area contributed by atoms with Crippen molar-refractivity contribution in [3.8, 4) is 0 Å². The molecule has 23 heavy (non-hydrogen) atoms. The van der Waals surface area contributed by atoms with Crippen molar-refractivity contribution < 1.29 is 0 Å². The summed E-state index contributed by atoms with van der Waals surface area (Å²) in [5, 5.41) is 5.75. The largest absolute Gasteiger partial charge is 0.356 e. The molecular formula is C18H32N4S. The minimum absolute atomic E-state index is 0.722. The minimum Gasteiger partial charge on any atom is -0.356 e. The zero-order valence-corrected chi connectivity index (χ0v) is 15.7. The monoisotopic (exact) mass is 336 g/mol. The molecule has 2 rings (SSSR count). The van der Waals surface area contributed by atoms with Crippen molar-refractivity contribution in [2.24, 2.45) is 10.9 Å². The maximum atomic E-state index is 4.42. The van der Waals surface area contributed by atoms with E-state index < -0.39 is 0 Å². The summed E-state index contributed by atoms with van der Waals surface area (Å²) in [6.07, 6.45) is 5.07. The number of hydrogen-bond acceptors (Lipinski definition) is 3. The van der Waals surface area contributed by atoms with Crippen molar-refractivity contribution in [3.05, 3.63) is 22.4 Å². The highest BCUT2D eigenvalue weighted by atomic mass is 32.1. The van der Waals surface area contributed by atoms with Crippen LogP contribution in [0.25, 0.3) is 0 Å². The van der Waals surface area contributed by atoms with Gasteiger partial charge in [-0.2, -0.15) is 0 Å². The third-order valence-electron chi connectivity index (χ3n) is 4.53. The molecule has 1 fully saturated rings. The molecule has 1 atom stereocenters. The number of nitrogens with zero attached hydrogens (tertiary/aromatic N) is 3. The average Bonchev–Trinajstić information content (AvgIpc) is 3.06. The van der Waals surface area contributed by atoms with Gasteiger partial charge in [-0.25, -0.2) is 0 Å². The van der Waals surface area contributed by atoms with Crippen molar-refractivity contribution >= 4 is 17.3 Å². The van der Waals surface area contributed by atoms with Crippen LogP contribution in [0.2, 0.25) is 0 Å². The second-order valence-corrected chi connectivity index (χ2v) is 7.56. The SMILES string of the molecule is CCCCN(C)C(=NC)NCC1CCCN(Cc2cccs2)C1. The summed E-state index contributed by atoms with van der Waals surface area (Å²) in [4.78, 5) is 10.8. The second-order valence-electron chi connectivity index (χ2n) is 6.53. The van der Waals surface area contributed by atoms with E-state index in [0.29, 0.717) is 0 Å². The Kier molecular flexibility index (Phi) is 7.89. The highest BCUT2D eigenvalue weighted by molar-refractivity contribution is 7.09. The zero-order valence-electron chi connectivity index (χ0n) is 14.9. The van der Waals surface area contributed by atoms with Gasteiger partial charge in [0.15, 0.2) is 5.96 Å². The molecule has 1 unspecified atom stereocenters. The molecule has 130 valence electrons. The fourth-order valence-corrected chi connectivity index (χ4v) is 3.95. The third kappa shape index (κ3) is 6.15. The fourth-order valence-electron chi connectivity index (χ4n) is 3.21. The van der Waals surface area contributed by atoms with E-state index >= 15 is 0 Å². The van der Waals surface area contributed by atoms with Crippen LogP contribution in [0.4, 0.5) is 0 Å². The predicted molar refractivity (Wildman–Crippen MR) is 101 cm³/mol. The van der Waals surface area contributed by atoms with Crippen molar-refractivity contribution in [2.45, 2.75) is 39.2 Å². The Labute approximate surface area is 145 Å². The minimum atomic E-state index is 0.722. The maximum absolute atomic E-state index is 4.42. The first-order valence-electron chi connectivity index (χ1n) is 8.89. The normalized spacial score (nSPS) is 19.8. The van der Waals surface area contributed by atoms with E-state index in [4.69, 9.17) is 0 Å². The van der Waals surface area contributed by atoms with E-state index in [2.05, 4.69) is 51.6 Å². The van der Waals surface area contributed by atoms with Crippen LogP contribution in [-0.4, -0.2) is 56.0 Å². The van der Waals surface area contributed by atoms with E-state index in [-0.39, 0.29) is 0 Å². The molecule has 0 saturated carbocycles. The molecule has 2 heterocycles. The van der Waals surface area contributed by atoms with Crippen LogP contribution in [0.3, 0.4) is 0 Å². The quantitative estimate of drug-likeness (QED) is 0.612. The first-order valence-corrected chi connectivity index (χ1v) is 9.77. The number of nitrogens with one attached hydrogen (secondary N) is 1. The molecule has 0 radical (unpaired) electrons. The zero-order chi connectivity index (χ0) is 16.5. The molecule has 1 saturated heterocycles. The van der Waals surface area contributed by atoms with Gasteiger partial charge in [0.05, 0.1) is 0 Å². The topological polar surface area (TPSA) is 30.9 Å². The summed E-state index contributed by atoms with van der Waals surface area (Å²) in [7, 11) is 4.02. The number of unbranched alkanes of at least 4 members (excludes halogenated alkanes) is 1. The van der Waals surface area contributed by atoms with Crippen molar-refractivity contribution in [1.29, 1.82) is 0 Å². The van der Waals surface area contributed by atoms with Crippen LogP contribution < -0.4 is 5.32 Å². The lowest BCUT2D eigenvalue weighted by molar-refractivity contribution is 0.169. The van der Waals surface area contributed by atoms with Crippen LogP contribution in [0.1, 0.15) is 37.5 Å². The predicted octanol–water partition coefficient (Wildman–Crippen LogP) is 3.27. The Bertz CT molecular complexity index is 458. The van der Waals surface area contributed by atoms with E-state index in [0.717, 1.165) is 31.5 Å². The summed E-state index contributed by atoms with van der Waals surface area (Å²) < 4.78 is 0. The molecule has 0 aliphatic carbocycles. The lowest BCUT2D eigenvalue weighted by atomic mass is 9.98. The van der Waals surface area contributed by atoms with Gasteiger partial charge in [0.2, 0.25) is 0 Å². The van der Waals surface area contributed by atoms with Crippen molar-refractivity contribution in [1.82, 2.24) is 15.1 Å². The molecular weight excluding hydrogens is 304 g/mol. The second kappa shape index (κ2) is 9.93. The summed E-state index contributed by atoms with van der Waals surface area (Å²) in [6, 6.07) is 4.40. The smallest absolute Gasteiger partial charge is 0.193 e. The number of rotatable bonds is 7. The Morgan fingerprint density at radius 3 is 3.09 bits per heavy atom. The highest BCUT2D eigenvalue weighted by Crippen LogP contribution is 2.20. The molecule has 0 aromatic carbocycles. The Morgan fingerprint density at radius 1 is 1.52 bits per heavy atom. The number of piperidine rings is 1. The molecule has 4 nitrogen and oxygen atoms in total. The van der Waals surface area contributed by atoms with Gasteiger partial charge < -0.3 is 10.2 Å². The van der Waals surface area contributed by atoms with Gasteiger partial charge in [-0.1, -0.05) is 19.4 Å². The van der Waals surface area contributed by atoms with Gasteiger partial charge in [-0.3, -0.25) is 9.89 Å². The number of likely N-dealkylation sites (tertiary alicyclic amines) is 1. The standard InChI is InChI=1S/C18H32N4S/c1-4-5-10-21(3)18(19-2)20-13-16-8-6-11-22(14-16)15-17-9-7-12-23-17/h7,9,12,16H,4-6,8,10-11,13-15H2,1-3H3,(H,19,20). The fraction of sp³-hybridized carbons (Fsp3) is 0.722. The molecule has 1 aromatic heterocycles. The Hall–Kier alpha value is -1.07. The molecule has 0 bridgehead atoms. The summed E-state index contributed by atoms with van der Waals surface area (Å²) >= 11 is 1.87. The van der Waals surface area contributed by atoms with Gasteiger partial charge in [-0.05, 0) is 43.2 Å². The molecule has 5 heteroatoms. The molecule has 1 aromatic rings. The molecule has 0 amide bonds. The first-order chi connectivity index (χ1) is 11.2. The summed E-state index contributed by atoms with van der Waals surface area (Å²) in [5.41, 5.74) is 0. The lowest BCUT2D eigenvalue weighted by Gasteiger charge is -2.33. The molecule has 1 aliphatic heterocycles. The average molecular weight is 337 g/mol. The number of hydrogen-bond donors (Lipinski definition) is 1. The van der Waals surface area contributed by atoms with Gasteiger partial charge in [0.1, 0.15) is 0 Å². The van der Waals surface area contributed by atoms with Crippen LogP contribution in [-0.2, 0) is 6.54 Å². The third-order valence-corrected chi connectivity index (χ3v) is 5.39. The maximum Gasteiger partial charge on any atom is 0.193 e. The van der Waals surface area contributed by atoms with Crippen LogP contribution in [0.15, 0.2) is 22.5 Å². The van der Waals surface area contributed by atoms with E-state index in [1.807, 2.05) is 18.4 Å². The van der Waals surface area contributed by atoms with Crippen LogP contribution in [0.5, 0.6) is 0 Å². The molecule has 0 spiro atoms. The Balaban J connectivity index is 1.75. The van der Waals surface area contributed by atoms with E-state index in [1.54, 1.807) is 0 Å². The van der Waals surface area contributed by atoms with Crippen LogP contribution in [0, 0.1) is 5.92 Å². The Morgan fingerprint density at radius 2 is 2.39 bits per heavy atom. The highest BCUT2D eigenvalue weighted by Gasteiger charge is 2.20. The molecule has 1 aliphatic rings. The number of guanidine groups is 1. The van der Waals surface area contributed by atoms with E-state index in [9.17, 15) is 0 Å². The number of aliphatic imine (C=N–C) groups is 1. The van der Waals surface area contributed by atoms with Crippen molar-refractivity contribution in [2.75, 3.05) is 40.3 Å². The summed E-state index contributed by atoms with van der Waals surface area (Å²) in [6.45, 7) is 7.88. The van der Waals surface area contributed by atoms with Gasteiger partial charge in [-0.15, -0.1) is 11.3 Å². The van der Waals surface area contributed by atoms with Crippen molar-refractivity contribution in [3.63, 3.8) is 0 Å².